The van der Waals surface area contributed by atoms with Gasteiger partial charge in [-0.1, -0.05) is 28.5 Å². The van der Waals surface area contributed by atoms with Crippen LogP contribution in [0.4, 0.5) is 0 Å². The van der Waals surface area contributed by atoms with Crippen molar-refractivity contribution in [3.8, 4) is 28.7 Å². The van der Waals surface area contributed by atoms with Gasteiger partial charge in [0.05, 0.1) is 5.56 Å². The summed E-state index contributed by atoms with van der Waals surface area (Å²) in [5.74, 6) is 2.30. The quantitative estimate of drug-likeness (QED) is 0.548. The van der Waals surface area contributed by atoms with E-state index >= 15 is 0 Å². The lowest BCUT2D eigenvalue weighted by molar-refractivity contribution is 0.285. The maximum atomic E-state index is 5.78. The molecule has 4 aromatic rings. The smallest absolute Gasteiger partial charge is 0.262 e. The zero-order valence-electron chi connectivity index (χ0n) is 13.3. The summed E-state index contributed by atoms with van der Waals surface area (Å²) in [7, 11) is 0. The molecule has 4 rings (SSSR count). The molecule has 1 aromatic carbocycles. The largest absolute Gasteiger partial charge is 0.485 e. The van der Waals surface area contributed by atoms with Crippen molar-refractivity contribution in [1.82, 2.24) is 25.3 Å². The molecular weight excluding hydrogens is 322 g/mol. The van der Waals surface area contributed by atoms with E-state index in [1.54, 1.807) is 13.1 Å². The van der Waals surface area contributed by atoms with Crippen molar-refractivity contribution in [3.05, 3.63) is 60.4 Å². The highest BCUT2D eigenvalue weighted by Crippen LogP contribution is 2.30. The molecule has 0 unspecified atom stereocenters. The summed E-state index contributed by atoms with van der Waals surface area (Å²) >= 11 is 0. The molecule has 8 nitrogen and oxygen atoms in total. The molecule has 0 aliphatic heterocycles. The molecule has 0 N–H and O–H groups in total. The fourth-order valence-electron chi connectivity index (χ4n) is 2.24. The fraction of sp³-hybridized carbons (Fsp3) is 0.118. The number of aromatic nitrogens is 5. The summed E-state index contributed by atoms with van der Waals surface area (Å²) in [6.45, 7) is 1.90. The van der Waals surface area contributed by atoms with Gasteiger partial charge in [0.1, 0.15) is 11.4 Å². The summed E-state index contributed by atoms with van der Waals surface area (Å²) in [6.07, 6.45) is 1.68. The number of para-hydroxylation sites is 1. The average Bonchev–Trinajstić information content (AvgIpc) is 3.30. The molecule has 0 fully saturated rings. The first-order valence-electron chi connectivity index (χ1n) is 7.56. The van der Waals surface area contributed by atoms with Crippen LogP contribution in [0.3, 0.4) is 0 Å². The van der Waals surface area contributed by atoms with Crippen LogP contribution in [0.15, 0.2) is 57.7 Å². The number of rotatable bonds is 5. The van der Waals surface area contributed by atoms with Crippen molar-refractivity contribution in [2.45, 2.75) is 13.5 Å². The lowest BCUT2D eigenvalue weighted by Gasteiger charge is -2.06. The van der Waals surface area contributed by atoms with Gasteiger partial charge in [-0.15, -0.1) is 0 Å². The van der Waals surface area contributed by atoms with Crippen LogP contribution in [0.2, 0.25) is 0 Å². The minimum atomic E-state index is 0.176. The number of nitrogens with zero attached hydrogens (tertiary/aromatic N) is 5. The fourth-order valence-corrected chi connectivity index (χ4v) is 2.24. The number of ether oxygens (including phenoxy) is 1. The van der Waals surface area contributed by atoms with Gasteiger partial charge in [0, 0.05) is 13.1 Å². The molecule has 0 saturated carbocycles. The second kappa shape index (κ2) is 6.52. The maximum absolute atomic E-state index is 5.78. The van der Waals surface area contributed by atoms with Gasteiger partial charge in [-0.2, -0.15) is 9.97 Å². The zero-order chi connectivity index (χ0) is 17.1. The third-order valence-electron chi connectivity index (χ3n) is 3.36. The Balaban J connectivity index is 1.59. The van der Waals surface area contributed by atoms with Crippen LogP contribution in [-0.2, 0) is 6.61 Å². The van der Waals surface area contributed by atoms with Crippen molar-refractivity contribution in [3.63, 3.8) is 0 Å². The maximum Gasteiger partial charge on any atom is 0.262 e. The predicted molar refractivity (Wildman–Crippen MR) is 86.3 cm³/mol. The van der Waals surface area contributed by atoms with Crippen LogP contribution < -0.4 is 4.74 Å². The normalized spacial score (nSPS) is 10.8. The van der Waals surface area contributed by atoms with Gasteiger partial charge >= 0.3 is 0 Å². The van der Waals surface area contributed by atoms with Crippen molar-refractivity contribution in [2.24, 2.45) is 0 Å². The first-order valence-corrected chi connectivity index (χ1v) is 7.56. The summed E-state index contributed by atoms with van der Waals surface area (Å²) in [5, 5.41) is 7.79. The molecular formula is C17H13N5O3. The number of aryl methyl sites for hydroxylation is 1. The Kier molecular flexibility index (Phi) is 3.91. The van der Waals surface area contributed by atoms with Crippen LogP contribution >= 0.6 is 0 Å². The molecule has 25 heavy (non-hydrogen) atoms. The third-order valence-corrected chi connectivity index (χ3v) is 3.36. The predicted octanol–water partition coefficient (Wildman–Crippen LogP) is 3.07. The van der Waals surface area contributed by atoms with Crippen LogP contribution in [0, 0.1) is 6.92 Å². The summed E-state index contributed by atoms with van der Waals surface area (Å²) in [4.78, 5) is 12.7. The van der Waals surface area contributed by atoms with E-state index in [4.69, 9.17) is 13.8 Å². The third kappa shape index (κ3) is 3.23. The first-order chi connectivity index (χ1) is 12.3. The number of benzene rings is 1. The lowest BCUT2D eigenvalue weighted by Crippen LogP contribution is -1.99. The molecule has 3 heterocycles. The van der Waals surface area contributed by atoms with Crippen LogP contribution in [0.5, 0.6) is 5.75 Å². The lowest BCUT2D eigenvalue weighted by atomic mass is 10.2. The number of hydrogen-bond donors (Lipinski definition) is 0. The first kappa shape index (κ1) is 15.0. The standard InChI is InChI=1S/C17H13N5O3/c1-11-19-15(21-24-11)10-23-14-8-3-2-6-12(14)17-20-16(22-25-17)13-7-4-5-9-18-13/h2-9H,10H2,1H3. The molecule has 0 aliphatic carbocycles. The highest BCUT2D eigenvalue weighted by molar-refractivity contribution is 5.64. The van der Waals surface area contributed by atoms with E-state index in [2.05, 4.69) is 25.3 Å². The molecule has 0 bridgehead atoms. The Bertz CT molecular complexity index is 981. The van der Waals surface area contributed by atoms with Crippen LogP contribution in [0.1, 0.15) is 11.7 Å². The Hall–Kier alpha value is -3.55. The van der Waals surface area contributed by atoms with E-state index in [-0.39, 0.29) is 6.61 Å². The molecule has 0 radical (unpaired) electrons. The van der Waals surface area contributed by atoms with E-state index in [9.17, 15) is 0 Å². The minimum absolute atomic E-state index is 0.176. The average molecular weight is 335 g/mol. The second-order valence-electron chi connectivity index (χ2n) is 5.15. The minimum Gasteiger partial charge on any atom is -0.485 e. The van der Waals surface area contributed by atoms with Gasteiger partial charge in [0.25, 0.3) is 5.89 Å². The van der Waals surface area contributed by atoms with Crippen molar-refractivity contribution >= 4 is 0 Å². The van der Waals surface area contributed by atoms with Gasteiger partial charge in [-0.25, -0.2) is 0 Å². The molecule has 3 aromatic heterocycles. The van der Waals surface area contributed by atoms with E-state index in [1.807, 2.05) is 42.5 Å². The van der Waals surface area contributed by atoms with Gasteiger partial charge in [0.2, 0.25) is 17.5 Å². The Morgan fingerprint density at radius 1 is 0.960 bits per heavy atom. The summed E-state index contributed by atoms with van der Waals surface area (Å²) in [5.41, 5.74) is 1.32. The number of pyridine rings is 1. The monoisotopic (exact) mass is 335 g/mol. The van der Waals surface area contributed by atoms with Gasteiger partial charge in [-0.05, 0) is 24.3 Å². The van der Waals surface area contributed by atoms with Gasteiger partial charge < -0.3 is 13.8 Å². The highest BCUT2D eigenvalue weighted by Gasteiger charge is 2.16. The van der Waals surface area contributed by atoms with E-state index < -0.39 is 0 Å². The van der Waals surface area contributed by atoms with E-state index in [0.29, 0.717) is 40.4 Å². The van der Waals surface area contributed by atoms with Gasteiger partial charge in [-0.3, -0.25) is 4.98 Å². The highest BCUT2D eigenvalue weighted by atomic mass is 16.5. The Morgan fingerprint density at radius 3 is 2.64 bits per heavy atom. The molecule has 8 heteroatoms. The molecule has 0 amide bonds. The van der Waals surface area contributed by atoms with Crippen LogP contribution in [0.25, 0.3) is 23.0 Å². The Morgan fingerprint density at radius 2 is 1.84 bits per heavy atom. The molecule has 0 atom stereocenters. The SMILES string of the molecule is Cc1nc(COc2ccccc2-c2nc(-c3ccccn3)no2)no1. The summed E-state index contributed by atoms with van der Waals surface area (Å²) in [6, 6.07) is 12.9. The van der Waals surface area contributed by atoms with Crippen molar-refractivity contribution in [2.75, 3.05) is 0 Å². The van der Waals surface area contributed by atoms with Crippen LogP contribution in [-0.4, -0.2) is 25.3 Å². The van der Waals surface area contributed by atoms with Crippen molar-refractivity contribution in [1.29, 1.82) is 0 Å². The molecule has 0 spiro atoms. The van der Waals surface area contributed by atoms with Gasteiger partial charge in [0.15, 0.2) is 6.61 Å². The molecule has 0 saturated heterocycles. The second-order valence-corrected chi connectivity index (χ2v) is 5.15. The van der Waals surface area contributed by atoms with Crippen molar-refractivity contribution < 1.29 is 13.8 Å². The Labute approximate surface area is 142 Å². The van der Waals surface area contributed by atoms with E-state index in [0.717, 1.165) is 0 Å². The number of hydrogen-bond acceptors (Lipinski definition) is 8. The zero-order valence-corrected chi connectivity index (χ0v) is 13.3. The summed E-state index contributed by atoms with van der Waals surface area (Å²) < 4.78 is 16.1. The molecule has 0 aliphatic rings. The molecule has 124 valence electrons. The van der Waals surface area contributed by atoms with E-state index in [1.165, 1.54) is 0 Å². The topological polar surface area (TPSA) is 100.0 Å².